The van der Waals surface area contributed by atoms with E-state index in [1.54, 1.807) is 12.1 Å². The second kappa shape index (κ2) is 9.04. The van der Waals surface area contributed by atoms with Crippen molar-refractivity contribution in [3.8, 4) is 5.75 Å². The molecule has 26 heavy (non-hydrogen) atoms. The van der Waals surface area contributed by atoms with Gasteiger partial charge in [0.1, 0.15) is 18.2 Å². The summed E-state index contributed by atoms with van der Waals surface area (Å²) < 4.78 is 18.7. The quantitative estimate of drug-likeness (QED) is 0.686. The van der Waals surface area contributed by atoms with Crippen molar-refractivity contribution in [3.63, 3.8) is 0 Å². The summed E-state index contributed by atoms with van der Waals surface area (Å²) in [5.41, 5.74) is 8.08. The van der Waals surface area contributed by atoms with Crippen LogP contribution in [0.15, 0.2) is 48.5 Å². The highest BCUT2D eigenvalue weighted by atomic mass is 19.1. The van der Waals surface area contributed by atoms with Crippen molar-refractivity contribution in [1.29, 1.82) is 0 Å². The smallest absolute Gasteiger partial charge is 0.123 e. The monoisotopic (exact) mass is 358 g/mol. The number of ether oxygens (including phenoxy) is 1. The Balaban J connectivity index is 2.00. The molecular weight excluding hydrogens is 327 g/mol. The second-order valence-electron chi connectivity index (χ2n) is 8.00. The summed E-state index contributed by atoms with van der Waals surface area (Å²) >= 11 is 0. The maximum absolute atomic E-state index is 12.9. The molecule has 142 valence electrons. The molecule has 0 aromatic heterocycles. The molecule has 0 amide bonds. The first-order valence-corrected chi connectivity index (χ1v) is 9.24. The van der Waals surface area contributed by atoms with Gasteiger partial charge in [0.25, 0.3) is 0 Å². The van der Waals surface area contributed by atoms with Gasteiger partial charge in [0.15, 0.2) is 0 Å². The first-order valence-electron chi connectivity index (χ1n) is 9.24. The summed E-state index contributed by atoms with van der Waals surface area (Å²) in [6, 6.07) is 14.5. The minimum absolute atomic E-state index is 0.234. The zero-order valence-electron chi connectivity index (χ0n) is 16.3. The predicted octanol–water partition coefficient (Wildman–Crippen LogP) is 4.99. The van der Waals surface area contributed by atoms with E-state index in [-0.39, 0.29) is 11.4 Å². The van der Waals surface area contributed by atoms with Gasteiger partial charge < -0.3 is 15.4 Å². The third kappa shape index (κ3) is 7.04. The molecule has 0 aliphatic rings. The van der Waals surface area contributed by atoms with Crippen LogP contribution in [-0.4, -0.2) is 18.6 Å². The average Bonchev–Trinajstić information content (AvgIpc) is 2.57. The van der Waals surface area contributed by atoms with Crippen LogP contribution in [0.2, 0.25) is 0 Å². The van der Waals surface area contributed by atoms with Crippen molar-refractivity contribution >= 4 is 5.69 Å². The first kappa shape index (κ1) is 20.2. The van der Waals surface area contributed by atoms with Gasteiger partial charge in [-0.25, -0.2) is 4.39 Å². The van der Waals surface area contributed by atoms with Crippen LogP contribution < -0.4 is 15.4 Å². The van der Waals surface area contributed by atoms with Gasteiger partial charge in [-0.1, -0.05) is 26.0 Å². The van der Waals surface area contributed by atoms with E-state index in [4.69, 9.17) is 10.5 Å². The Labute approximate surface area is 157 Å². The van der Waals surface area contributed by atoms with E-state index in [1.165, 1.54) is 12.1 Å². The Morgan fingerprint density at radius 1 is 1.04 bits per heavy atom. The van der Waals surface area contributed by atoms with E-state index < -0.39 is 0 Å². The average molecular weight is 359 g/mol. The lowest BCUT2D eigenvalue weighted by Gasteiger charge is -2.32. The molecule has 0 bridgehead atoms. The molecule has 2 aromatic carbocycles. The standard InChI is InChI=1S/C22H31FN2O/c1-17(2)13-14-25(16-22(3,4)24)20-9-11-21(12-10-20)26-15-18-5-7-19(23)8-6-18/h5-12,17H,13-16,24H2,1-4H3. The summed E-state index contributed by atoms with van der Waals surface area (Å²) in [5, 5.41) is 0. The Morgan fingerprint density at radius 2 is 1.65 bits per heavy atom. The van der Waals surface area contributed by atoms with Crippen LogP contribution in [0.5, 0.6) is 5.75 Å². The van der Waals surface area contributed by atoms with Crippen molar-refractivity contribution in [2.45, 2.75) is 46.3 Å². The van der Waals surface area contributed by atoms with Gasteiger partial charge in [-0.3, -0.25) is 0 Å². The van der Waals surface area contributed by atoms with Gasteiger partial charge in [0.05, 0.1) is 0 Å². The third-order valence-electron chi connectivity index (χ3n) is 4.10. The lowest BCUT2D eigenvalue weighted by molar-refractivity contribution is 0.306. The molecule has 2 aromatic rings. The summed E-state index contributed by atoms with van der Waals surface area (Å²) in [6.07, 6.45) is 1.12. The highest BCUT2D eigenvalue weighted by Gasteiger charge is 2.17. The number of hydrogen-bond acceptors (Lipinski definition) is 3. The van der Waals surface area contributed by atoms with Crippen LogP contribution in [0.4, 0.5) is 10.1 Å². The van der Waals surface area contributed by atoms with Crippen molar-refractivity contribution in [1.82, 2.24) is 0 Å². The van der Waals surface area contributed by atoms with E-state index >= 15 is 0 Å². The molecule has 0 aliphatic heterocycles. The van der Waals surface area contributed by atoms with Gasteiger partial charge in [-0.2, -0.15) is 0 Å². The van der Waals surface area contributed by atoms with Gasteiger partial charge in [-0.15, -0.1) is 0 Å². The van der Waals surface area contributed by atoms with Crippen LogP contribution in [0.3, 0.4) is 0 Å². The van der Waals surface area contributed by atoms with E-state index in [9.17, 15) is 4.39 Å². The zero-order valence-corrected chi connectivity index (χ0v) is 16.3. The van der Waals surface area contributed by atoms with E-state index in [2.05, 4.69) is 44.7 Å². The molecular formula is C22H31FN2O. The molecule has 0 aliphatic carbocycles. The first-order chi connectivity index (χ1) is 12.2. The molecule has 0 saturated carbocycles. The van der Waals surface area contributed by atoms with Gasteiger partial charge in [-0.05, 0) is 68.1 Å². The Morgan fingerprint density at radius 3 is 2.19 bits per heavy atom. The lowest BCUT2D eigenvalue weighted by atomic mass is 10.0. The highest BCUT2D eigenvalue weighted by Crippen LogP contribution is 2.22. The molecule has 3 nitrogen and oxygen atoms in total. The van der Waals surface area contributed by atoms with E-state index in [0.717, 1.165) is 36.5 Å². The molecule has 4 heteroatoms. The number of rotatable bonds is 9. The molecule has 0 unspecified atom stereocenters. The predicted molar refractivity (Wildman–Crippen MR) is 107 cm³/mol. The largest absolute Gasteiger partial charge is 0.489 e. The van der Waals surface area contributed by atoms with Crippen LogP contribution >= 0.6 is 0 Å². The molecule has 0 spiro atoms. The number of benzene rings is 2. The van der Waals surface area contributed by atoms with Crippen molar-refractivity contribution in [3.05, 3.63) is 59.9 Å². The zero-order chi connectivity index (χ0) is 19.2. The molecule has 0 atom stereocenters. The topological polar surface area (TPSA) is 38.5 Å². The number of hydrogen-bond donors (Lipinski definition) is 1. The van der Waals surface area contributed by atoms with Gasteiger partial charge in [0.2, 0.25) is 0 Å². The summed E-state index contributed by atoms with van der Waals surface area (Å²) in [6.45, 7) is 10.8. The number of anilines is 1. The molecule has 2 rings (SSSR count). The Bertz CT molecular complexity index is 660. The number of halogens is 1. The van der Waals surface area contributed by atoms with Crippen molar-refractivity contribution in [2.75, 3.05) is 18.0 Å². The second-order valence-corrected chi connectivity index (χ2v) is 8.00. The van der Waals surface area contributed by atoms with Gasteiger partial charge in [0, 0.05) is 24.3 Å². The number of nitrogens with zero attached hydrogens (tertiary/aromatic N) is 1. The third-order valence-corrected chi connectivity index (χ3v) is 4.10. The molecule has 0 fully saturated rings. The van der Waals surface area contributed by atoms with Crippen LogP contribution in [0, 0.1) is 11.7 Å². The summed E-state index contributed by atoms with van der Waals surface area (Å²) in [4.78, 5) is 2.34. The lowest BCUT2D eigenvalue weighted by Crippen LogP contribution is -2.46. The Hall–Kier alpha value is -2.07. The van der Waals surface area contributed by atoms with Crippen molar-refractivity contribution < 1.29 is 9.13 Å². The summed E-state index contributed by atoms with van der Waals surface area (Å²) in [7, 11) is 0. The maximum atomic E-state index is 12.9. The maximum Gasteiger partial charge on any atom is 0.123 e. The fourth-order valence-corrected chi connectivity index (χ4v) is 2.71. The normalized spacial score (nSPS) is 11.7. The Kier molecular flexibility index (Phi) is 7.04. The minimum atomic E-state index is -0.255. The summed E-state index contributed by atoms with van der Waals surface area (Å²) in [5.74, 6) is 1.22. The molecule has 0 saturated heterocycles. The SMILES string of the molecule is CC(C)CCN(CC(C)(C)N)c1ccc(OCc2ccc(F)cc2)cc1. The van der Waals surface area contributed by atoms with Gasteiger partial charge >= 0.3 is 0 Å². The molecule has 0 radical (unpaired) electrons. The van der Waals surface area contributed by atoms with Crippen LogP contribution in [-0.2, 0) is 6.61 Å². The minimum Gasteiger partial charge on any atom is -0.489 e. The fourth-order valence-electron chi connectivity index (χ4n) is 2.71. The highest BCUT2D eigenvalue weighted by molar-refractivity contribution is 5.49. The van der Waals surface area contributed by atoms with E-state index in [1.807, 2.05) is 12.1 Å². The van der Waals surface area contributed by atoms with E-state index in [0.29, 0.717) is 12.5 Å². The molecule has 0 heterocycles. The van der Waals surface area contributed by atoms with Crippen molar-refractivity contribution in [2.24, 2.45) is 11.7 Å². The molecule has 2 N–H and O–H groups in total. The number of nitrogens with two attached hydrogens (primary N) is 1. The fraction of sp³-hybridized carbons (Fsp3) is 0.455. The van der Waals surface area contributed by atoms with Crippen LogP contribution in [0.1, 0.15) is 39.7 Å². The van der Waals surface area contributed by atoms with Crippen LogP contribution in [0.25, 0.3) is 0 Å².